The molecule has 2 aliphatic heterocycles. The molecule has 2 fully saturated rings. The van der Waals surface area contributed by atoms with Gasteiger partial charge in [0.15, 0.2) is 0 Å². The van der Waals surface area contributed by atoms with Gasteiger partial charge in [-0.05, 0) is 44.6 Å². The Morgan fingerprint density at radius 3 is 2.47 bits per heavy atom. The van der Waals surface area contributed by atoms with Gasteiger partial charge in [-0.15, -0.1) is 0 Å². The lowest BCUT2D eigenvalue weighted by molar-refractivity contribution is 0.208. The third kappa shape index (κ3) is 2.45. The number of nitrogen functional groups attached to an aromatic ring is 1. The van der Waals surface area contributed by atoms with Crippen LogP contribution in [-0.4, -0.2) is 35.0 Å². The number of nitrogens with one attached hydrogen (secondary N) is 1. The lowest BCUT2D eigenvalue weighted by Gasteiger charge is -2.40. The van der Waals surface area contributed by atoms with Gasteiger partial charge >= 0.3 is 7.05 Å². The van der Waals surface area contributed by atoms with E-state index in [1.165, 1.54) is 12.8 Å². The first-order chi connectivity index (χ1) is 9.15. The number of piperidine rings is 1. The van der Waals surface area contributed by atoms with E-state index in [0.717, 1.165) is 24.2 Å². The second-order valence-corrected chi connectivity index (χ2v) is 5.86. The lowest BCUT2D eigenvalue weighted by atomic mass is 9.78. The zero-order chi connectivity index (χ0) is 13.4. The predicted octanol–water partition coefficient (Wildman–Crippen LogP) is 1.79. The van der Waals surface area contributed by atoms with Gasteiger partial charge in [0, 0.05) is 18.1 Å². The van der Waals surface area contributed by atoms with Crippen LogP contribution in [-0.2, 0) is 0 Å². The third-order valence-electron chi connectivity index (χ3n) is 4.54. The molecule has 0 amide bonds. The molecular formula is C14H22BN3O. The minimum absolute atomic E-state index is 0.319. The molecule has 2 saturated heterocycles. The fourth-order valence-electron chi connectivity index (χ4n) is 3.79. The predicted molar refractivity (Wildman–Crippen MR) is 80.0 cm³/mol. The smallest absolute Gasteiger partial charge is 0.376 e. The summed E-state index contributed by atoms with van der Waals surface area (Å²) in [5.41, 5.74) is 7.84. The van der Waals surface area contributed by atoms with Crippen LogP contribution in [0.2, 0.25) is 6.82 Å². The maximum Gasteiger partial charge on any atom is 0.376 e. The van der Waals surface area contributed by atoms with Crippen molar-refractivity contribution >= 4 is 18.4 Å². The van der Waals surface area contributed by atoms with Crippen LogP contribution in [0.5, 0.6) is 0 Å². The SMILES string of the molecule is CB(O)N1[C@@H]2CC[C@H]1C[C@@H](Nc1ccccc1N)C2. The topological polar surface area (TPSA) is 61.5 Å². The fraction of sp³-hybridized carbons (Fsp3) is 0.571. The van der Waals surface area contributed by atoms with Crippen molar-refractivity contribution in [2.75, 3.05) is 11.1 Å². The average molecular weight is 259 g/mol. The van der Waals surface area contributed by atoms with Gasteiger partial charge < -0.3 is 20.9 Å². The molecule has 3 rings (SSSR count). The van der Waals surface area contributed by atoms with E-state index in [9.17, 15) is 5.02 Å². The van der Waals surface area contributed by atoms with Crippen molar-refractivity contribution in [3.05, 3.63) is 24.3 Å². The van der Waals surface area contributed by atoms with Gasteiger partial charge in [0.2, 0.25) is 0 Å². The number of fused-ring (bicyclic) bond motifs is 2. The first kappa shape index (κ1) is 12.8. The Morgan fingerprint density at radius 2 is 1.89 bits per heavy atom. The molecule has 4 N–H and O–H groups in total. The largest absolute Gasteiger partial charge is 0.437 e. The minimum atomic E-state index is -0.319. The number of anilines is 2. The zero-order valence-corrected chi connectivity index (χ0v) is 11.4. The molecule has 2 bridgehead atoms. The summed E-state index contributed by atoms with van der Waals surface area (Å²) in [7, 11) is -0.319. The van der Waals surface area contributed by atoms with Gasteiger partial charge in [-0.3, -0.25) is 0 Å². The second-order valence-electron chi connectivity index (χ2n) is 5.86. The van der Waals surface area contributed by atoms with Crippen LogP contribution in [0.1, 0.15) is 25.7 Å². The number of nitrogens with zero attached hydrogens (tertiary/aromatic N) is 1. The molecule has 0 spiro atoms. The molecule has 4 nitrogen and oxygen atoms in total. The first-order valence-electron chi connectivity index (χ1n) is 7.21. The van der Waals surface area contributed by atoms with Crippen LogP contribution in [0, 0.1) is 0 Å². The molecule has 0 unspecified atom stereocenters. The summed E-state index contributed by atoms with van der Waals surface area (Å²) in [5.74, 6) is 0. The molecule has 0 aromatic heterocycles. The summed E-state index contributed by atoms with van der Waals surface area (Å²) in [6, 6.07) is 9.44. The van der Waals surface area contributed by atoms with Crippen molar-refractivity contribution in [1.82, 2.24) is 4.81 Å². The number of para-hydroxylation sites is 2. The number of hydrogen-bond acceptors (Lipinski definition) is 4. The molecule has 0 aliphatic carbocycles. The Kier molecular flexibility index (Phi) is 3.41. The van der Waals surface area contributed by atoms with Crippen LogP contribution < -0.4 is 11.1 Å². The first-order valence-corrected chi connectivity index (χ1v) is 7.21. The quantitative estimate of drug-likeness (QED) is 0.572. The van der Waals surface area contributed by atoms with Crippen molar-refractivity contribution in [3.8, 4) is 0 Å². The number of rotatable bonds is 3. The molecular weight excluding hydrogens is 237 g/mol. The molecule has 3 atom stereocenters. The van der Waals surface area contributed by atoms with Crippen molar-refractivity contribution in [2.24, 2.45) is 0 Å². The number of hydrogen-bond donors (Lipinski definition) is 3. The highest BCUT2D eigenvalue weighted by atomic mass is 16.2. The van der Waals surface area contributed by atoms with Gasteiger partial charge in [-0.2, -0.15) is 0 Å². The van der Waals surface area contributed by atoms with Crippen molar-refractivity contribution < 1.29 is 5.02 Å². The average Bonchev–Trinajstić information content (AvgIpc) is 2.65. The van der Waals surface area contributed by atoms with Gasteiger partial charge in [-0.25, -0.2) is 0 Å². The third-order valence-corrected chi connectivity index (χ3v) is 4.54. The summed E-state index contributed by atoms with van der Waals surface area (Å²) in [5, 5.41) is 13.4. The Bertz CT molecular complexity index is 440. The molecule has 2 aliphatic rings. The normalized spacial score (nSPS) is 30.3. The van der Waals surface area contributed by atoms with Crippen molar-refractivity contribution in [3.63, 3.8) is 0 Å². The second kappa shape index (κ2) is 5.06. The zero-order valence-electron chi connectivity index (χ0n) is 11.4. The molecule has 102 valence electrons. The van der Waals surface area contributed by atoms with Crippen LogP contribution in [0.4, 0.5) is 11.4 Å². The molecule has 1 aromatic carbocycles. The highest BCUT2D eigenvalue weighted by molar-refractivity contribution is 6.45. The van der Waals surface area contributed by atoms with Crippen molar-refractivity contribution in [2.45, 2.75) is 50.6 Å². The molecule has 0 radical (unpaired) electrons. The van der Waals surface area contributed by atoms with E-state index in [0.29, 0.717) is 18.1 Å². The van der Waals surface area contributed by atoms with Crippen molar-refractivity contribution in [1.29, 1.82) is 0 Å². The van der Waals surface area contributed by atoms with E-state index in [2.05, 4.69) is 10.1 Å². The summed E-state index contributed by atoms with van der Waals surface area (Å²) in [6.07, 6.45) is 4.60. The Labute approximate surface area is 115 Å². The molecule has 1 aromatic rings. The Balaban J connectivity index is 1.68. The monoisotopic (exact) mass is 259 g/mol. The maximum absolute atomic E-state index is 9.86. The van der Waals surface area contributed by atoms with E-state index in [1.807, 2.05) is 31.1 Å². The molecule has 19 heavy (non-hydrogen) atoms. The maximum atomic E-state index is 9.86. The van der Waals surface area contributed by atoms with Gasteiger partial charge in [0.05, 0.1) is 11.4 Å². The molecule has 2 heterocycles. The molecule has 0 saturated carbocycles. The van der Waals surface area contributed by atoms with E-state index >= 15 is 0 Å². The van der Waals surface area contributed by atoms with E-state index in [1.54, 1.807) is 0 Å². The summed E-state index contributed by atoms with van der Waals surface area (Å²) in [6.45, 7) is 1.88. The fourth-order valence-corrected chi connectivity index (χ4v) is 3.79. The minimum Gasteiger partial charge on any atom is -0.437 e. The Morgan fingerprint density at radius 1 is 1.26 bits per heavy atom. The molecule has 5 heteroatoms. The van der Waals surface area contributed by atoms with Crippen LogP contribution in [0.25, 0.3) is 0 Å². The number of nitrogens with two attached hydrogens (primary N) is 1. The highest BCUT2D eigenvalue weighted by Gasteiger charge is 2.43. The van der Waals surface area contributed by atoms with Gasteiger partial charge in [0.25, 0.3) is 0 Å². The van der Waals surface area contributed by atoms with Crippen LogP contribution in [0.3, 0.4) is 0 Å². The highest BCUT2D eigenvalue weighted by Crippen LogP contribution is 2.37. The van der Waals surface area contributed by atoms with Crippen LogP contribution in [0.15, 0.2) is 24.3 Å². The van der Waals surface area contributed by atoms with Gasteiger partial charge in [-0.1, -0.05) is 12.1 Å². The number of benzene rings is 1. The van der Waals surface area contributed by atoms with Gasteiger partial charge in [0.1, 0.15) is 0 Å². The van der Waals surface area contributed by atoms with E-state index in [-0.39, 0.29) is 7.05 Å². The summed E-state index contributed by atoms with van der Waals surface area (Å²) >= 11 is 0. The summed E-state index contributed by atoms with van der Waals surface area (Å²) < 4.78 is 0. The standard InChI is InChI=1S/C14H22BN3O/c1-15(19)18-11-6-7-12(18)9-10(8-11)17-14-5-3-2-4-13(14)16/h2-5,10-12,17,19H,6-9,16H2,1H3/t10-,11+,12-. The summed E-state index contributed by atoms with van der Waals surface area (Å²) in [4.78, 5) is 2.28. The van der Waals surface area contributed by atoms with E-state index < -0.39 is 0 Å². The Hall–Kier alpha value is -1.20. The van der Waals surface area contributed by atoms with E-state index in [4.69, 9.17) is 5.73 Å². The van der Waals surface area contributed by atoms with Crippen LogP contribution >= 0.6 is 0 Å². The lowest BCUT2D eigenvalue weighted by Crippen LogP contribution is -2.52.